The number of carbonyl (C=O) groups excluding carboxylic acids is 1. The zero-order valence-electron chi connectivity index (χ0n) is 8.22. The number of amides is 2. The number of rotatable bonds is 5. The number of hydrogen-bond donors (Lipinski definition) is 2. The number of allylic oxidation sites excluding steroid dienone is 1. The van der Waals surface area contributed by atoms with E-state index in [0.29, 0.717) is 12.2 Å². The number of methoxy groups -OCH3 is 2. The molecule has 0 spiro atoms. The number of ether oxygens (including phenoxy) is 2. The molecule has 5 heteroatoms. The molecule has 0 rings (SSSR count). The van der Waals surface area contributed by atoms with Crippen molar-refractivity contribution in [2.24, 2.45) is 0 Å². The second-order valence-electron chi connectivity index (χ2n) is 2.52. The maximum atomic E-state index is 11.0. The minimum Gasteiger partial charge on any atom is -0.354 e. The van der Waals surface area contributed by atoms with Gasteiger partial charge in [-0.3, -0.25) is 0 Å². The second-order valence-corrected chi connectivity index (χ2v) is 2.52. The number of urea groups is 1. The fourth-order valence-electron chi connectivity index (χ4n) is 0.677. The molecule has 0 aromatic rings. The first-order chi connectivity index (χ1) is 6.10. The first-order valence-corrected chi connectivity index (χ1v) is 3.86. The van der Waals surface area contributed by atoms with Gasteiger partial charge in [-0.1, -0.05) is 6.58 Å². The Morgan fingerprint density at radius 2 is 2.00 bits per heavy atom. The number of carbonyl (C=O) groups is 1. The first-order valence-electron chi connectivity index (χ1n) is 3.86. The lowest BCUT2D eigenvalue weighted by Crippen LogP contribution is -2.39. The molecule has 0 aromatic carbocycles. The van der Waals surface area contributed by atoms with Crippen LogP contribution in [-0.4, -0.2) is 33.1 Å². The average Bonchev–Trinajstić information content (AvgIpc) is 2.05. The van der Waals surface area contributed by atoms with Crippen molar-refractivity contribution < 1.29 is 14.3 Å². The highest BCUT2D eigenvalue weighted by atomic mass is 16.7. The molecule has 0 saturated heterocycles. The van der Waals surface area contributed by atoms with Crippen molar-refractivity contribution in [1.29, 1.82) is 0 Å². The molecule has 5 nitrogen and oxygen atoms in total. The van der Waals surface area contributed by atoms with Crippen LogP contribution in [0.2, 0.25) is 0 Å². The largest absolute Gasteiger partial charge is 0.354 e. The highest BCUT2D eigenvalue weighted by molar-refractivity contribution is 5.75. The van der Waals surface area contributed by atoms with Crippen LogP contribution < -0.4 is 10.6 Å². The summed E-state index contributed by atoms with van der Waals surface area (Å²) < 4.78 is 9.74. The van der Waals surface area contributed by atoms with E-state index >= 15 is 0 Å². The summed E-state index contributed by atoms with van der Waals surface area (Å²) in [5, 5.41) is 5.05. The van der Waals surface area contributed by atoms with E-state index in [9.17, 15) is 4.79 Å². The zero-order chi connectivity index (χ0) is 10.3. The van der Waals surface area contributed by atoms with Gasteiger partial charge in [0.05, 0.1) is 6.54 Å². The van der Waals surface area contributed by atoms with Crippen molar-refractivity contribution in [3.8, 4) is 0 Å². The SMILES string of the molecule is C=C(C)NC(=O)NCC(OC)OC. The molecule has 0 saturated carbocycles. The van der Waals surface area contributed by atoms with Crippen molar-refractivity contribution in [3.63, 3.8) is 0 Å². The van der Waals surface area contributed by atoms with Gasteiger partial charge in [-0.05, 0) is 6.92 Å². The van der Waals surface area contributed by atoms with Gasteiger partial charge >= 0.3 is 6.03 Å². The van der Waals surface area contributed by atoms with Gasteiger partial charge in [0.1, 0.15) is 0 Å². The summed E-state index contributed by atoms with van der Waals surface area (Å²) in [4.78, 5) is 11.0. The standard InChI is InChI=1S/C8H16N2O3/c1-6(2)10-8(11)9-5-7(12-3)13-4/h7H,1,5H2,2-4H3,(H2,9,10,11). The minimum atomic E-state index is -0.420. The zero-order valence-corrected chi connectivity index (χ0v) is 8.22. The number of hydrogen-bond acceptors (Lipinski definition) is 3. The molecule has 0 aliphatic carbocycles. The first kappa shape index (κ1) is 11.9. The van der Waals surface area contributed by atoms with E-state index < -0.39 is 6.29 Å². The molecule has 2 amide bonds. The van der Waals surface area contributed by atoms with E-state index in [-0.39, 0.29) is 6.03 Å². The Morgan fingerprint density at radius 1 is 1.46 bits per heavy atom. The van der Waals surface area contributed by atoms with Crippen molar-refractivity contribution in [1.82, 2.24) is 10.6 Å². The quantitative estimate of drug-likeness (QED) is 0.615. The maximum absolute atomic E-state index is 11.0. The van der Waals surface area contributed by atoms with Gasteiger partial charge in [-0.15, -0.1) is 0 Å². The predicted octanol–water partition coefficient (Wildman–Crippen LogP) is 0.438. The van der Waals surface area contributed by atoms with Gasteiger partial charge in [0.2, 0.25) is 0 Å². The Hall–Kier alpha value is -1.07. The van der Waals surface area contributed by atoms with Gasteiger partial charge in [0.15, 0.2) is 6.29 Å². The molecular formula is C8H16N2O3. The lowest BCUT2D eigenvalue weighted by molar-refractivity contribution is -0.0971. The van der Waals surface area contributed by atoms with Gasteiger partial charge in [0, 0.05) is 19.9 Å². The lowest BCUT2D eigenvalue weighted by Gasteiger charge is -2.14. The third kappa shape index (κ3) is 6.12. The van der Waals surface area contributed by atoms with Gasteiger partial charge in [0.25, 0.3) is 0 Å². The van der Waals surface area contributed by atoms with E-state index in [1.54, 1.807) is 6.92 Å². The molecule has 76 valence electrons. The third-order valence-electron chi connectivity index (χ3n) is 1.28. The van der Waals surface area contributed by atoms with Crippen LogP contribution >= 0.6 is 0 Å². The molecule has 0 fully saturated rings. The summed E-state index contributed by atoms with van der Waals surface area (Å²) in [7, 11) is 3.01. The molecule has 0 aromatic heterocycles. The van der Waals surface area contributed by atoms with E-state index in [2.05, 4.69) is 17.2 Å². The van der Waals surface area contributed by atoms with E-state index in [0.717, 1.165) is 0 Å². The van der Waals surface area contributed by atoms with Crippen LogP contribution in [0.25, 0.3) is 0 Å². The summed E-state index contributed by atoms with van der Waals surface area (Å²) in [5.74, 6) is 0. The Morgan fingerprint density at radius 3 is 2.38 bits per heavy atom. The van der Waals surface area contributed by atoms with Gasteiger partial charge in [-0.25, -0.2) is 4.79 Å². The minimum absolute atomic E-state index is 0.298. The Labute approximate surface area is 78.1 Å². The van der Waals surface area contributed by atoms with Crippen LogP contribution in [0.4, 0.5) is 4.79 Å². The lowest BCUT2D eigenvalue weighted by atomic mass is 10.5. The summed E-state index contributed by atoms with van der Waals surface area (Å²) in [6.45, 7) is 5.52. The molecule has 0 aliphatic heterocycles. The molecule has 0 heterocycles. The summed E-state index contributed by atoms with van der Waals surface area (Å²) in [6.07, 6.45) is -0.420. The van der Waals surface area contributed by atoms with Crippen molar-refractivity contribution >= 4 is 6.03 Å². The van der Waals surface area contributed by atoms with Crippen LogP contribution in [0.1, 0.15) is 6.92 Å². The molecule has 13 heavy (non-hydrogen) atoms. The van der Waals surface area contributed by atoms with Gasteiger partial charge < -0.3 is 20.1 Å². The fourth-order valence-corrected chi connectivity index (χ4v) is 0.677. The maximum Gasteiger partial charge on any atom is 0.319 e. The smallest absolute Gasteiger partial charge is 0.319 e. The molecule has 0 bridgehead atoms. The van der Waals surface area contributed by atoms with Crippen LogP contribution in [-0.2, 0) is 9.47 Å². The monoisotopic (exact) mass is 188 g/mol. The van der Waals surface area contributed by atoms with Crippen molar-refractivity contribution in [2.75, 3.05) is 20.8 Å². The predicted molar refractivity (Wildman–Crippen MR) is 49.2 cm³/mol. The van der Waals surface area contributed by atoms with Crippen LogP contribution in [0.3, 0.4) is 0 Å². The van der Waals surface area contributed by atoms with E-state index in [1.165, 1.54) is 14.2 Å². The molecule has 2 N–H and O–H groups in total. The highest BCUT2D eigenvalue weighted by Crippen LogP contribution is 1.87. The molecule has 0 aliphatic rings. The van der Waals surface area contributed by atoms with Gasteiger partial charge in [-0.2, -0.15) is 0 Å². The van der Waals surface area contributed by atoms with Crippen LogP contribution in [0, 0.1) is 0 Å². The summed E-state index contributed by atoms with van der Waals surface area (Å²) >= 11 is 0. The topological polar surface area (TPSA) is 59.6 Å². The molecular weight excluding hydrogens is 172 g/mol. The van der Waals surface area contributed by atoms with E-state index in [4.69, 9.17) is 9.47 Å². The average molecular weight is 188 g/mol. The van der Waals surface area contributed by atoms with E-state index in [1.807, 2.05) is 0 Å². The summed E-state index contributed by atoms with van der Waals surface area (Å²) in [6, 6.07) is -0.313. The Balaban J connectivity index is 3.62. The third-order valence-corrected chi connectivity index (χ3v) is 1.28. The second kappa shape index (κ2) is 6.45. The van der Waals surface area contributed by atoms with Crippen molar-refractivity contribution in [3.05, 3.63) is 12.3 Å². The molecule has 0 atom stereocenters. The molecule has 0 unspecified atom stereocenters. The highest BCUT2D eigenvalue weighted by Gasteiger charge is 2.06. The Bertz CT molecular complexity index is 178. The fraction of sp³-hybridized carbons (Fsp3) is 0.625. The summed E-state index contributed by atoms with van der Waals surface area (Å²) in [5.41, 5.74) is 0.587. The normalized spacial score (nSPS) is 9.85. The number of nitrogens with one attached hydrogen (secondary N) is 2. The van der Waals surface area contributed by atoms with Crippen LogP contribution in [0.15, 0.2) is 12.3 Å². The van der Waals surface area contributed by atoms with Crippen molar-refractivity contribution in [2.45, 2.75) is 13.2 Å². The Kier molecular flexibility index (Phi) is 5.92. The molecule has 0 radical (unpaired) electrons. The van der Waals surface area contributed by atoms with Crippen LogP contribution in [0.5, 0.6) is 0 Å².